The normalized spacial score (nSPS) is 23.7. The number of benzene rings is 1. The van der Waals surface area contributed by atoms with Crippen molar-refractivity contribution in [2.45, 2.75) is 11.9 Å². The molecule has 5 nitrogen and oxygen atoms in total. The molecule has 0 saturated carbocycles. The van der Waals surface area contributed by atoms with Crippen LogP contribution in [0.4, 0.5) is 23.7 Å². The average Bonchev–Trinajstić information content (AvgIpc) is 2.62. The number of hydrogen-bond donors (Lipinski definition) is 1. The second kappa shape index (κ2) is 4.23. The van der Waals surface area contributed by atoms with Gasteiger partial charge in [-0.1, -0.05) is 18.2 Å². The zero-order valence-electron chi connectivity index (χ0n) is 9.69. The highest BCUT2D eigenvalue weighted by Gasteiger charge is 2.69. The zero-order valence-corrected chi connectivity index (χ0v) is 9.69. The van der Waals surface area contributed by atoms with Gasteiger partial charge in [-0.2, -0.15) is 13.2 Å². The van der Waals surface area contributed by atoms with Crippen molar-refractivity contribution in [3.8, 4) is 0 Å². The van der Waals surface area contributed by atoms with Crippen molar-refractivity contribution in [1.29, 1.82) is 0 Å². The van der Waals surface area contributed by atoms with Crippen LogP contribution in [0.2, 0.25) is 0 Å². The Morgan fingerprint density at radius 3 is 2.21 bits per heavy atom. The van der Waals surface area contributed by atoms with E-state index in [0.717, 1.165) is 0 Å². The molecule has 8 heteroatoms. The van der Waals surface area contributed by atoms with E-state index in [0.29, 0.717) is 12.0 Å². The van der Waals surface area contributed by atoms with Crippen LogP contribution in [0.15, 0.2) is 30.3 Å². The first-order chi connectivity index (χ1) is 8.83. The molecule has 1 saturated heterocycles. The summed E-state index contributed by atoms with van der Waals surface area (Å²) in [6, 6.07) is 6.11. The van der Waals surface area contributed by atoms with E-state index in [9.17, 15) is 22.8 Å². The third-order valence-electron chi connectivity index (χ3n) is 2.71. The molecule has 0 bridgehead atoms. The Bertz CT molecular complexity index is 518. The summed E-state index contributed by atoms with van der Waals surface area (Å²) in [6.45, 7) is 0. The first-order valence-electron chi connectivity index (χ1n) is 5.17. The van der Waals surface area contributed by atoms with Crippen molar-refractivity contribution in [1.82, 2.24) is 5.32 Å². The molecule has 1 aromatic rings. The van der Waals surface area contributed by atoms with Gasteiger partial charge in [-0.05, 0) is 12.1 Å². The maximum atomic E-state index is 12.9. The van der Waals surface area contributed by atoms with Gasteiger partial charge in [0.25, 0.3) is 5.91 Å². The monoisotopic (exact) mass is 274 g/mol. The number of halogens is 3. The van der Waals surface area contributed by atoms with Gasteiger partial charge in [-0.25, -0.2) is 9.69 Å². The Balaban J connectivity index is 2.47. The van der Waals surface area contributed by atoms with Crippen LogP contribution in [-0.2, 0) is 9.53 Å². The summed E-state index contributed by atoms with van der Waals surface area (Å²) in [4.78, 5) is 23.9. The summed E-state index contributed by atoms with van der Waals surface area (Å²) in [6.07, 6.45) is -5.06. The number of nitrogens with one attached hydrogen (secondary N) is 1. The summed E-state index contributed by atoms with van der Waals surface area (Å²) in [5, 5.41) is 1.55. The smallest absolute Gasteiger partial charge is 0.344 e. The molecule has 1 N–H and O–H groups in total. The zero-order chi connectivity index (χ0) is 14.3. The van der Waals surface area contributed by atoms with Gasteiger partial charge in [0.2, 0.25) is 0 Å². The fourth-order valence-corrected chi connectivity index (χ4v) is 1.77. The number of alkyl halides is 3. The van der Waals surface area contributed by atoms with E-state index < -0.39 is 23.8 Å². The first kappa shape index (κ1) is 13.3. The SMILES string of the molecule is CO[C@]1(C(F)(F)F)NC(=O)N(c2ccccc2)C1=O. The lowest BCUT2D eigenvalue weighted by Gasteiger charge is -2.26. The minimum Gasteiger partial charge on any atom is -0.344 e. The standard InChI is InChI=1S/C11H9F3N2O3/c1-19-10(11(12,13)14)8(17)16(9(18)15-10)7-5-3-2-4-6-7/h2-6H,1H3,(H,15,18)/t10-/m1/s1. The number of rotatable bonds is 2. The molecule has 0 unspecified atom stereocenters. The number of carbonyl (C=O) groups excluding carboxylic acids is 2. The molecule has 3 amide bonds. The molecule has 0 aliphatic carbocycles. The van der Waals surface area contributed by atoms with Crippen LogP contribution in [0, 0.1) is 0 Å². The second-order valence-corrected chi connectivity index (χ2v) is 3.79. The molecule has 102 valence electrons. The van der Waals surface area contributed by atoms with E-state index >= 15 is 0 Å². The average molecular weight is 274 g/mol. The molecule has 1 aromatic carbocycles. The Morgan fingerprint density at radius 1 is 1.21 bits per heavy atom. The van der Waals surface area contributed by atoms with E-state index in [2.05, 4.69) is 4.74 Å². The predicted octanol–water partition coefficient (Wildman–Crippen LogP) is 1.65. The number of urea groups is 1. The molecule has 0 spiro atoms. The maximum absolute atomic E-state index is 12.9. The molecular weight excluding hydrogens is 265 g/mol. The third kappa shape index (κ3) is 1.84. The molecule has 0 radical (unpaired) electrons. The van der Waals surface area contributed by atoms with E-state index in [-0.39, 0.29) is 5.69 Å². The molecule has 1 aliphatic heterocycles. The summed E-state index contributed by atoms with van der Waals surface area (Å²) in [5.41, 5.74) is -3.30. The van der Waals surface area contributed by atoms with E-state index in [4.69, 9.17) is 0 Å². The summed E-state index contributed by atoms with van der Waals surface area (Å²) in [5.74, 6) is -1.52. The number of hydrogen-bond acceptors (Lipinski definition) is 3. The van der Waals surface area contributed by atoms with Gasteiger partial charge in [0.15, 0.2) is 0 Å². The fraction of sp³-hybridized carbons (Fsp3) is 0.273. The molecule has 0 aromatic heterocycles. The van der Waals surface area contributed by atoms with Gasteiger partial charge < -0.3 is 4.74 Å². The van der Waals surface area contributed by atoms with Gasteiger partial charge >= 0.3 is 17.9 Å². The summed E-state index contributed by atoms with van der Waals surface area (Å²) in [7, 11) is 0.708. The Kier molecular flexibility index (Phi) is 2.97. The third-order valence-corrected chi connectivity index (χ3v) is 2.71. The lowest BCUT2D eigenvalue weighted by molar-refractivity contribution is -0.261. The molecule has 1 atom stereocenters. The summed E-state index contributed by atoms with van der Waals surface area (Å²) < 4.78 is 43.1. The van der Waals surface area contributed by atoms with Gasteiger partial charge in [0.05, 0.1) is 5.69 Å². The van der Waals surface area contributed by atoms with Gasteiger partial charge in [-0.15, -0.1) is 0 Å². The van der Waals surface area contributed by atoms with Crippen LogP contribution in [-0.4, -0.2) is 30.9 Å². The molecule has 19 heavy (non-hydrogen) atoms. The Hall–Kier alpha value is -2.09. The van der Waals surface area contributed by atoms with Crippen molar-refractivity contribution in [3.05, 3.63) is 30.3 Å². The topological polar surface area (TPSA) is 58.6 Å². The maximum Gasteiger partial charge on any atom is 0.446 e. The highest BCUT2D eigenvalue weighted by atomic mass is 19.4. The lowest BCUT2D eigenvalue weighted by atomic mass is 10.2. The minimum absolute atomic E-state index is 0.0353. The van der Waals surface area contributed by atoms with Crippen molar-refractivity contribution >= 4 is 17.6 Å². The number of amides is 3. The summed E-state index contributed by atoms with van der Waals surface area (Å²) >= 11 is 0. The highest BCUT2D eigenvalue weighted by molar-refractivity contribution is 6.23. The number of anilines is 1. The fourth-order valence-electron chi connectivity index (χ4n) is 1.77. The van der Waals surface area contributed by atoms with E-state index in [1.54, 1.807) is 11.4 Å². The van der Waals surface area contributed by atoms with Crippen molar-refractivity contribution in [2.75, 3.05) is 12.0 Å². The van der Waals surface area contributed by atoms with Crippen LogP contribution in [0.5, 0.6) is 0 Å². The van der Waals surface area contributed by atoms with E-state index in [1.807, 2.05) is 0 Å². The lowest BCUT2D eigenvalue weighted by Crippen LogP contribution is -2.60. The molecule has 2 rings (SSSR count). The van der Waals surface area contributed by atoms with Gasteiger partial charge in [0.1, 0.15) is 0 Å². The van der Waals surface area contributed by atoms with Gasteiger partial charge in [-0.3, -0.25) is 10.1 Å². The highest BCUT2D eigenvalue weighted by Crippen LogP contribution is 2.37. The Labute approximate surface area is 105 Å². The number of carbonyl (C=O) groups is 2. The predicted molar refractivity (Wildman–Crippen MR) is 58.3 cm³/mol. The molecule has 1 fully saturated rings. The minimum atomic E-state index is -5.06. The Morgan fingerprint density at radius 2 is 1.79 bits per heavy atom. The number of ether oxygens (including phenoxy) is 1. The number of methoxy groups -OCH3 is 1. The molecule has 1 heterocycles. The van der Waals surface area contributed by atoms with Crippen LogP contribution in [0.3, 0.4) is 0 Å². The van der Waals surface area contributed by atoms with Crippen LogP contribution >= 0.6 is 0 Å². The van der Waals surface area contributed by atoms with Crippen LogP contribution < -0.4 is 10.2 Å². The quantitative estimate of drug-likeness (QED) is 0.834. The largest absolute Gasteiger partial charge is 0.446 e. The molecule has 1 aliphatic rings. The van der Waals surface area contributed by atoms with E-state index in [1.165, 1.54) is 24.3 Å². The first-order valence-corrected chi connectivity index (χ1v) is 5.17. The van der Waals surface area contributed by atoms with Crippen LogP contribution in [0.1, 0.15) is 0 Å². The van der Waals surface area contributed by atoms with Crippen molar-refractivity contribution < 1.29 is 27.5 Å². The molecular formula is C11H9F3N2O3. The van der Waals surface area contributed by atoms with Crippen molar-refractivity contribution in [3.63, 3.8) is 0 Å². The second-order valence-electron chi connectivity index (χ2n) is 3.79. The number of nitrogens with zero attached hydrogens (tertiary/aromatic N) is 1. The number of para-hydroxylation sites is 1. The van der Waals surface area contributed by atoms with Crippen LogP contribution in [0.25, 0.3) is 0 Å². The number of imide groups is 1. The van der Waals surface area contributed by atoms with Gasteiger partial charge in [0, 0.05) is 7.11 Å². The van der Waals surface area contributed by atoms with Crippen molar-refractivity contribution in [2.24, 2.45) is 0 Å².